The Bertz CT molecular complexity index is 606. The van der Waals surface area contributed by atoms with Crippen molar-refractivity contribution in [1.29, 1.82) is 0 Å². The number of carbonyl (C=O) groups excluding carboxylic acids is 2. The highest BCUT2D eigenvalue weighted by atomic mass is 16.4. The van der Waals surface area contributed by atoms with Gasteiger partial charge < -0.3 is 19.9 Å². The number of carbonyl (C=O) groups is 2. The summed E-state index contributed by atoms with van der Waals surface area (Å²) in [6.07, 6.45) is 2.65. The smallest absolute Gasteiger partial charge is 0.235 e. The molecular weight excluding hydrogens is 298 g/mol. The molecule has 126 valence electrons. The van der Waals surface area contributed by atoms with Crippen LogP contribution in [0.2, 0.25) is 0 Å². The van der Waals surface area contributed by atoms with E-state index in [4.69, 9.17) is 0 Å². The van der Waals surface area contributed by atoms with Gasteiger partial charge >= 0.3 is 0 Å². The number of fused-ring (bicyclic) bond motifs is 1. The van der Waals surface area contributed by atoms with Crippen molar-refractivity contribution in [2.45, 2.75) is 31.9 Å². The zero-order valence-corrected chi connectivity index (χ0v) is 13.7. The van der Waals surface area contributed by atoms with Gasteiger partial charge in [0.1, 0.15) is 0 Å². The fourth-order valence-corrected chi connectivity index (χ4v) is 4.16. The molecule has 7 heteroatoms. The van der Waals surface area contributed by atoms with Gasteiger partial charge in [-0.2, -0.15) is 0 Å². The first kappa shape index (κ1) is 16.0. The van der Waals surface area contributed by atoms with Crippen LogP contribution in [0.1, 0.15) is 19.8 Å². The van der Waals surface area contributed by atoms with Gasteiger partial charge in [0.15, 0.2) is 0 Å². The maximum Gasteiger partial charge on any atom is 0.235 e. The molecule has 0 saturated carbocycles. The maximum atomic E-state index is 12.2. The number of aliphatic hydroxyl groups excluding tert-OH is 1. The van der Waals surface area contributed by atoms with Crippen LogP contribution in [0.5, 0.6) is 0 Å². The number of carboxylic acids is 1. The lowest BCUT2D eigenvalue weighted by atomic mass is 9.82. The van der Waals surface area contributed by atoms with Crippen molar-refractivity contribution in [3.05, 3.63) is 11.3 Å². The summed E-state index contributed by atoms with van der Waals surface area (Å²) in [5, 5.41) is 21.3. The van der Waals surface area contributed by atoms with Gasteiger partial charge in [-0.25, -0.2) is 0 Å². The van der Waals surface area contributed by atoms with Crippen molar-refractivity contribution < 1.29 is 24.4 Å². The largest absolute Gasteiger partial charge is 0.543 e. The Balaban J connectivity index is 1.83. The topological polar surface area (TPSA) is 86.9 Å². The molecule has 0 aliphatic carbocycles. The number of aliphatic hydroxyl groups is 1. The van der Waals surface area contributed by atoms with Gasteiger partial charge in [0, 0.05) is 5.92 Å². The van der Waals surface area contributed by atoms with Crippen molar-refractivity contribution in [3.63, 3.8) is 0 Å². The second-order valence-electron chi connectivity index (χ2n) is 6.97. The number of hydrogen-bond donors (Lipinski definition) is 1. The minimum atomic E-state index is -1.28. The predicted octanol–water partition coefficient (Wildman–Crippen LogP) is -1.78. The lowest BCUT2D eigenvalue weighted by Gasteiger charge is -2.45. The number of carboxylic acid groups (broad SMARTS) is 1. The summed E-state index contributed by atoms with van der Waals surface area (Å²) in [4.78, 5) is 27.3. The van der Waals surface area contributed by atoms with E-state index in [-0.39, 0.29) is 23.6 Å². The molecule has 2 saturated heterocycles. The van der Waals surface area contributed by atoms with Crippen LogP contribution in [0, 0.1) is 11.8 Å². The molecule has 0 aromatic rings. The number of likely N-dealkylation sites (tertiary alicyclic amines) is 1. The lowest BCUT2D eigenvalue weighted by Crippen LogP contribution is -2.62. The molecule has 0 unspecified atom stereocenters. The van der Waals surface area contributed by atoms with Gasteiger partial charge in [0.05, 0.1) is 56.9 Å². The van der Waals surface area contributed by atoms with Crippen molar-refractivity contribution in [2.75, 3.05) is 27.2 Å². The Morgan fingerprint density at radius 1 is 1.48 bits per heavy atom. The number of hydrogen-bond acceptors (Lipinski definition) is 4. The Morgan fingerprint density at radius 2 is 2.17 bits per heavy atom. The highest BCUT2D eigenvalue weighted by Gasteiger charge is 2.56. The van der Waals surface area contributed by atoms with E-state index in [1.165, 1.54) is 4.90 Å². The average Bonchev–Trinajstić information content (AvgIpc) is 2.99. The van der Waals surface area contributed by atoms with Crippen LogP contribution in [0.15, 0.2) is 11.3 Å². The first-order chi connectivity index (χ1) is 10.8. The normalized spacial score (nSPS) is 31.1. The molecule has 23 heavy (non-hydrogen) atoms. The van der Waals surface area contributed by atoms with E-state index in [0.717, 1.165) is 25.1 Å². The summed E-state index contributed by atoms with van der Waals surface area (Å²) in [6.45, 7) is 3.20. The number of amides is 1. The number of rotatable bonds is 4. The van der Waals surface area contributed by atoms with Crippen molar-refractivity contribution in [1.82, 2.24) is 9.80 Å². The number of β-lactam (4-membered cyclic amide) rings is 1. The number of nitrogens with zero attached hydrogens (tertiary/aromatic N) is 3. The van der Waals surface area contributed by atoms with E-state index in [1.54, 1.807) is 6.92 Å². The molecule has 0 aromatic heterocycles. The lowest BCUT2D eigenvalue weighted by molar-refractivity contribution is -0.464. The Morgan fingerprint density at radius 3 is 2.74 bits per heavy atom. The summed E-state index contributed by atoms with van der Waals surface area (Å²) >= 11 is 0. The monoisotopic (exact) mass is 321 g/mol. The van der Waals surface area contributed by atoms with Gasteiger partial charge in [0.2, 0.25) is 12.2 Å². The molecule has 2 fully saturated rings. The van der Waals surface area contributed by atoms with E-state index < -0.39 is 18.0 Å². The minimum Gasteiger partial charge on any atom is -0.543 e. The molecule has 0 aromatic carbocycles. The maximum absolute atomic E-state index is 12.2. The zero-order valence-electron chi connectivity index (χ0n) is 13.7. The molecule has 3 aliphatic rings. The summed E-state index contributed by atoms with van der Waals surface area (Å²) in [7, 11) is 3.90. The van der Waals surface area contributed by atoms with Crippen molar-refractivity contribution in [3.8, 4) is 0 Å². The SMILES string of the molecule is C[C@@H](O)[C@H]1C(=O)N2C(C(=O)[O-])=C([C@@H]3CCN(C=[N+](C)C)C3)C[C@H]12. The van der Waals surface area contributed by atoms with Crippen molar-refractivity contribution >= 4 is 18.2 Å². The van der Waals surface area contributed by atoms with Gasteiger partial charge in [-0.15, -0.1) is 0 Å². The molecule has 3 aliphatic heterocycles. The average molecular weight is 321 g/mol. The number of aliphatic carboxylic acids is 1. The molecule has 3 rings (SSSR count). The highest BCUT2D eigenvalue weighted by Crippen LogP contribution is 2.46. The molecule has 0 bridgehead atoms. The van der Waals surface area contributed by atoms with Crippen LogP contribution in [-0.4, -0.2) is 77.0 Å². The quantitative estimate of drug-likeness (QED) is 0.286. The molecule has 7 nitrogen and oxygen atoms in total. The van der Waals surface area contributed by atoms with Gasteiger partial charge in [-0.05, 0) is 25.3 Å². The molecule has 1 amide bonds. The molecular formula is C16H23N3O4. The van der Waals surface area contributed by atoms with Crippen LogP contribution in [-0.2, 0) is 9.59 Å². The summed E-state index contributed by atoms with van der Waals surface area (Å²) in [5.41, 5.74) is 0.856. The summed E-state index contributed by atoms with van der Waals surface area (Å²) < 4.78 is 1.96. The van der Waals surface area contributed by atoms with Crippen LogP contribution >= 0.6 is 0 Å². The van der Waals surface area contributed by atoms with Crippen LogP contribution in [0.25, 0.3) is 0 Å². The summed E-state index contributed by atoms with van der Waals surface area (Å²) in [6, 6.07) is -0.225. The zero-order chi connectivity index (χ0) is 16.9. The van der Waals surface area contributed by atoms with E-state index in [1.807, 2.05) is 25.0 Å². The third-order valence-corrected chi connectivity index (χ3v) is 5.06. The van der Waals surface area contributed by atoms with Crippen LogP contribution < -0.4 is 5.11 Å². The molecule has 0 spiro atoms. The van der Waals surface area contributed by atoms with E-state index in [2.05, 4.69) is 4.90 Å². The van der Waals surface area contributed by atoms with Gasteiger partial charge in [-0.3, -0.25) is 14.3 Å². The summed E-state index contributed by atoms with van der Waals surface area (Å²) in [5.74, 6) is -1.95. The first-order valence-corrected chi connectivity index (χ1v) is 8.02. The predicted molar refractivity (Wildman–Crippen MR) is 80.3 cm³/mol. The Labute approximate surface area is 135 Å². The van der Waals surface area contributed by atoms with Crippen LogP contribution in [0.4, 0.5) is 0 Å². The fourth-order valence-electron chi connectivity index (χ4n) is 4.16. The Kier molecular flexibility index (Phi) is 3.91. The van der Waals surface area contributed by atoms with E-state index in [0.29, 0.717) is 6.42 Å². The molecule has 3 heterocycles. The minimum absolute atomic E-state index is 0.0496. The highest BCUT2D eigenvalue weighted by molar-refractivity contribution is 5.99. The molecule has 1 N–H and O–H groups in total. The third kappa shape index (κ3) is 2.52. The molecule has 4 atom stereocenters. The standard InChI is InChI=1S/C16H23N3O4/c1-9(20)13-12-6-11(14(16(22)23)19(12)15(13)21)10-4-5-18(7-10)8-17(2)3/h8-10,12-13,20H,4-7H2,1-3H3/t9-,10-,12-,13-/m1/s1. The van der Waals surface area contributed by atoms with Gasteiger partial charge in [0.25, 0.3) is 0 Å². The third-order valence-electron chi connectivity index (χ3n) is 5.06. The Hall–Kier alpha value is -1.89. The van der Waals surface area contributed by atoms with Gasteiger partial charge in [-0.1, -0.05) is 0 Å². The van der Waals surface area contributed by atoms with Crippen LogP contribution in [0.3, 0.4) is 0 Å². The van der Waals surface area contributed by atoms with E-state index >= 15 is 0 Å². The van der Waals surface area contributed by atoms with Crippen molar-refractivity contribution in [2.24, 2.45) is 11.8 Å². The van der Waals surface area contributed by atoms with E-state index in [9.17, 15) is 19.8 Å². The first-order valence-electron chi connectivity index (χ1n) is 8.02. The molecule has 0 radical (unpaired) electrons. The second-order valence-corrected chi connectivity index (χ2v) is 6.97. The fraction of sp³-hybridized carbons (Fsp3) is 0.688. The second kappa shape index (κ2) is 5.63.